The van der Waals surface area contributed by atoms with Crippen LogP contribution in [0, 0.1) is 16.0 Å². The summed E-state index contributed by atoms with van der Waals surface area (Å²) in [6.07, 6.45) is 0.542. The number of carboxylic acids is 1. The van der Waals surface area contributed by atoms with E-state index in [1.807, 2.05) is 0 Å². The van der Waals surface area contributed by atoms with Crippen molar-refractivity contribution < 1.29 is 19.6 Å². The molecular weight excluding hydrogens is 278 g/mol. The van der Waals surface area contributed by atoms with E-state index in [4.69, 9.17) is 5.11 Å². The van der Waals surface area contributed by atoms with Crippen molar-refractivity contribution in [2.75, 3.05) is 25.0 Å². The highest BCUT2D eigenvalue weighted by Gasteiger charge is 2.28. The van der Waals surface area contributed by atoms with Crippen molar-refractivity contribution in [1.82, 2.24) is 4.90 Å². The Morgan fingerprint density at radius 1 is 1.38 bits per heavy atom. The smallest absolute Gasteiger partial charge is 0.307 e. The molecule has 8 nitrogen and oxygen atoms in total. The lowest BCUT2D eigenvalue weighted by molar-refractivity contribution is -0.384. The van der Waals surface area contributed by atoms with E-state index in [2.05, 4.69) is 5.32 Å². The maximum atomic E-state index is 11.8. The van der Waals surface area contributed by atoms with E-state index in [1.54, 1.807) is 4.90 Å². The minimum Gasteiger partial charge on any atom is -0.481 e. The lowest BCUT2D eigenvalue weighted by Crippen LogP contribution is -2.32. The predicted octanol–water partition coefficient (Wildman–Crippen LogP) is 0.940. The molecule has 1 aliphatic rings. The van der Waals surface area contributed by atoms with Crippen LogP contribution >= 0.6 is 0 Å². The normalized spacial score (nSPS) is 18.4. The van der Waals surface area contributed by atoms with Gasteiger partial charge in [0, 0.05) is 24.4 Å². The van der Waals surface area contributed by atoms with Gasteiger partial charge in [0.15, 0.2) is 0 Å². The summed E-state index contributed by atoms with van der Waals surface area (Å²) in [5, 5.41) is 22.0. The predicted molar refractivity (Wildman–Crippen MR) is 73.9 cm³/mol. The standard InChI is InChI=1S/C13H15N3O5/c17-12(8-15-6-5-9(7-15)13(18)19)14-10-1-3-11(4-2-10)16(20)21/h1-4,9H,5-8H2,(H,14,17)(H,18,19). The van der Waals surface area contributed by atoms with Gasteiger partial charge in [0.2, 0.25) is 5.91 Å². The topological polar surface area (TPSA) is 113 Å². The van der Waals surface area contributed by atoms with Crippen molar-refractivity contribution in [3.05, 3.63) is 34.4 Å². The molecule has 1 unspecified atom stereocenters. The number of carbonyl (C=O) groups is 2. The van der Waals surface area contributed by atoms with Gasteiger partial charge in [-0.1, -0.05) is 0 Å². The van der Waals surface area contributed by atoms with Gasteiger partial charge in [0.25, 0.3) is 5.69 Å². The second kappa shape index (κ2) is 6.31. The van der Waals surface area contributed by atoms with Crippen LogP contribution in [0.3, 0.4) is 0 Å². The molecule has 0 spiro atoms. The summed E-state index contributed by atoms with van der Waals surface area (Å²) in [4.78, 5) is 34.4. The Morgan fingerprint density at radius 2 is 2.05 bits per heavy atom. The number of nitro benzene ring substituents is 1. The summed E-state index contributed by atoms with van der Waals surface area (Å²) in [5.74, 6) is -1.53. The molecule has 0 bridgehead atoms. The Hall–Kier alpha value is -2.48. The van der Waals surface area contributed by atoms with Gasteiger partial charge in [0.05, 0.1) is 17.4 Å². The average molecular weight is 293 g/mol. The van der Waals surface area contributed by atoms with Crippen molar-refractivity contribution >= 4 is 23.3 Å². The molecule has 1 aromatic rings. The quantitative estimate of drug-likeness (QED) is 0.617. The van der Waals surface area contributed by atoms with Gasteiger partial charge < -0.3 is 10.4 Å². The number of amides is 1. The summed E-state index contributed by atoms with van der Waals surface area (Å²) in [6.45, 7) is 1.05. The van der Waals surface area contributed by atoms with Gasteiger partial charge in [-0.15, -0.1) is 0 Å². The maximum absolute atomic E-state index is 11.8. The van der Waals surface area contributed by atoms with Crippen LogP contribution < -0.4 is 5.32 Å². The number of rotatable bonds is 5. The molecule has 0 aliphatic carbocycles. The average Bonchev–Trinajstić information content (AvgIpc) is 2.87. The number of nitro groups is 1. The number of hydrogen-bond donors (Lipinski definition) is 2. The molecule has 8 heteroatoms. The summed E-state index contributed by atoms with van der Waals surface area (Å²) in [6, 6.07) is 5.54. The number of carbonyl (C=O) groups excluding carboxylic acids is 1. The van der Waals surface area contributed by atoms with Crippen LogP contribution in [0.2, 0.25) is 0 Å². The van der Waals surface area contributed by atoms with Crippen LogP contribution in [0.15, 0.2) is 24.3 Å². The largest absolute Gasteiger partial charge is 0.481 e. The molecular formula is C13H15N3O5. The molecule has 0 radical (unpaired) electrons. The van der Waals surface area contributed by atoms with Crippen LogP contribution in [0.25, 0.3) is 0 Å². The third kappa shape index (κ3) is 3.99. The third-order valence-corrected chi connectivity index (χ3v) is 3.35. The Morgan fingerprint density at radius 3 is 2.57 bits per heavy atom. The van der Waals surface area contributed by atoms with Gasteiger partial charge >= 0.3 is 5.97 Å². The highest BCUT2D eigenvalue weighted by atomic mass is 16.6. The van der Waals surface area contributed by atoms with Gasteiger partial charge in [-0.2, -0.15) is 0 Å². The Balaban J connectivity index is 1.85. The fraction of sp³-hybridized carbons (Fsp3) is 0.385. The van der Waals surface area contributed by atoms with Gasteiger partial charge in [0.1, 0.15) is 0 Å². The zero-order chi connectivity index (χ0) is 15.4. The summed E-state index contributed by atoms with van der Waals surface area (Å²) in [7, 11) is 0. The Bertz CT molecular complexity index is 557. The number of nitrogens with zero attached hydrogens (tertiary/aromatic N) is 2. The van der Waals surface area contributed by atoms with Crippen LogP contribution in [-0.2, 0) is 9.59 Å². The highest BCUT2D eigenvalue weighted by Crippen LogP contribution is 2.17. The molecule has 1 saturated heterocycles. The molecule has 1 fully saturated rings. The van der Waals surface area contributed by atoms with Crippen molar-refractivity contribution in [2.24, 2.45) is 5.92 Å². The van der Waals surface area contributed by atoms with E-state index in [-0.39, 0.29) is 18.1 Å². The number of nitrogens with one attached hydrogen (secondary N) is 1. The SMILES string of the molecule is O=C(CN1CCC(C(=O)O)C1)Nc1ccc([N+](=O)[O-])cc1. The molecule has 2 N–H and O–H groups in total. The molecule has 1 heterocycles. The van der Waals surface area contributed by atoms with Crippen LogP contribution in [0.1, 0.15) is 6.42 Å². The summed E-state index contributed by atoms with van der Waals surface area (Å²) in [5.41, 5.74) is 0.427. The highest BCUT2D eigenvalue weighted by molar-refractivity contribution is 5.92. The summed E-state index contributed by atoms with van der Waals surface area (Å²) >= 11 is 0. The molecule has 21 heavy (non-hydrogen) atoms. The Kier molecular flexibility index (Phi) is 4.49. The molecule has 1 aromatic carbocycles. The zero-order valence-electron chi connectivity index (χ0n) is 11.2. The second-order valence-electron chi connectivity index (χ2n) is 4.91. The zero-order valence-corrected chi connectivity index (χ0v) is 11.2. The van der Waals surface area contributed by atoms with E-state index in [0.717, 1.165) is 0 Å². The molecule has 1 amide bonds. The lowest BCUT2D eigenvalue weighted by atomic mass is 10.1. The fourth-order valence-electron chi connectivity index (χ4n) is 2.25. The van der Waals surface area contributed by atoms with Crippen molar-refractivity contribution in [3.63, 3.8) is 0 Å². The number of carboxylic acid groups (broad SMARTS) is 1. The Labute approximate surface area is 120 Å². The first-order chi connectivity index (χ1) is 9.95. The van der Waals surface area contributed by atoms with Crippen LogP contribution in [0.5, 0.6) is 0 Å². The van der Waals surface area contributed by atoms with Crippen molar-refractivity contribution in [3.8, 4) is 0 Å². The minimum atomic E-state index is -0.840. The number of benzene rings is 1. The van der Waals surface area contributed by atoms with E-state index < -0.39 is 16.8 Å². The van der Waals surface area contributed by atoms with Gasteiger partial charge in [-0.05, 0) is 25.1 Å². The number of anilines is 1. The number of non-ortho nitro benzene ring substituents is 1. The van der Waals surface area contributed by atoms with Crippen molar-refractivity contribution in [1.29, 1.82) is 0 Å². The summed E-state index contributed by atoms with van der Waals surface area (Å²) < 4.78 is 0. The molecule has 112 valence electrons. The van der Waals surface area contributed by atoms with E-state index in [0.29, 0.717) is 25.2 Å². The molecule has 2 rings (SSSR count). The van der Waals surface area contributed by atoms with Gasteiger partial charge in [-0.3, -0.25) is 24.6 Å². The lowest BCUT2D eigenvalue weighted by Gasteiger charge is -2.14. The fourth-order valence-corrected chi connectivity index (χ4v) is 2.25. The molecule has 1 aliphatic heterocycles. The van der Waals surface area contributed by atoms with Crippen LogP contribution in [0.4, 0.5) is 11.4 Å². The molecule has 0 saturated carbocycles. The minimum absolute atomic E-state index is 0.0446. The van der Waals surface area contributed by atoms with Crippen LogP contribution in [-0.4, -0.2) is 46.4 Å². The third-order valence-electron chi connectivity index (χ3n) is 3.35. The van der Waals surface area contributed by atoms with E-state index in [1.165, 1.54) is 24.3 Å². The number of likely N-dealkylation sites (tertiary alicyclic amines) is 1. The van der Waals surface area contributed by atoms with Gasteiger partial charge in [-0.25, -0.2) is 0 Å². The molecule has 1 atom stereocenters. The molecule has 0 aromatic heterocycles. The maximum Gasteiger partial charge on any atom is 0.307 e. The van der Waals surface area contributed by atoms with E-state index in [9.17, 15) is 19.7 Å². The number of hydrogen-bond acceptors (Lipinski definition) is 5. The monoisotopic (exact) mass is 293 g/mol. The second-order valence-corrected chi connectivity index (χ2v) is 4.91. The van der Waals surface area contributed by atoms with Crippen molar-refractivity contribution in [2.45, 2.75) is 6.42 Å². The first-order valence-electron chi connectivity index (χ1n) is 6.45. The number of aliphatic carboxylic acids is 1. The van der Waals surface area contributed by atoms with E-state index >= 15 is 0 Å². The first-order valence-corrected chi connectivity index (χ1v) is 6.45. The first kappa shape index (κ1) is 14.9.